The van der Waals surface area contributed by atoms with Crippen molar-refractivity contribution in [3.63, 3.8) is 0 Å². The van der Waals surface area contributed by atoms with Gasteiger partial charge in [-0.3, -0.25) is 4.79 Å². The molecule has 18 heavy (non-hydrogen) atoms. The first kappa shape index (κ1) is 12.2. The minimum atomic E-state index is -0.558. The van der Waals surface area contributed by atoms with Crippen LogP contribution in [0.5, 0.6) is 11.5 Å². The Morgan fingerprint density at radius 1 is 1.22 bits per heavy atom. The molecule has 0 aliphatic carbocycles. The van der Waals surface area contributed by atoms with Crippen molar-refractivity contribution in [3.05, 3.63) is 29.5 Å². The molecule has 0 saturated heterocycles. The van der Waals surface area contributed by atoms with Gasteiger partial charge in [-0.25, -0.2) is 4.98 Å². The van der Waals surface area contributed by atoms with Crippen LogP contribution in [0.15, 0.2) is 18.2 Å². The van der Waals surface area contributed by atoms with E-state index >= 15 is 0 Å². The molecule has 0 aliphatic rings. The van der Waals surface area contributed by atoms with Crippen molar-refractivity contribution in [2.24, 2.45) is 5.73 Å². The lowest BCUT2D eigenvalue weighted by molar-refractivity contribution is 0.0996. The third-order valence-electron chi connectivity index (χ3n) is 2.77. The van der Waals surface area contributed by atoms with Crippen LogP contribution < -0.4 is 15.2 Å². The van der Waals surface area contributed by atoms with Gasteiger partial charge in [-0.1, -0.05) is 0 Å². The summed E-state index contributed by atoms with van der Waals surface area (Å²) in [6.07, 6.45) is 0. The van der Waals surface area contributed by atoms with Gasteiger partial charge in [0.25, 0.3) is 5.91 Å². The number of carbonyl (C=O) groups is 1. The van der Waals surface area contributed by atoms with Gasteiger partial charge in [-0.15, -0.1) is 0 Å². The summed E-state index contributed by atoms with van der Waals surface area (Å²) in [5, 5.41) is 0.871. The molecule has 1 aromatic carbocycles. The maximum absolute atomic E-state index is 11.2. The summed E-state index contributed by atoms with van der Waals surface area (Å²) in [7, 11) is 3.13. The molecule has 5 heteroatoms. The van der Waals surface area contributed by atoms with Crippen molar-refractivity contribution >= 4 is 16.8 Å². The molecule has 2 rings (SSSR count). The fraction of sp³-hybridized carbons (Fsp3) is 0.231. The number of primary amides is 1. The lowest BCUT2D eigenvalue weighted by Crippen LogP contribution is -2.13. The van der Waals surface area contributed by atoms with Crippen LogP contribution in [0.4, 0.5) is 0 Å². The van der Waals surface area contributed by atoms with Crippen LogP contribution in [0.2, 0.25) is 0 Å². The first-order chi connectivity index (χ1) is 8.56. The number of hydrogen-bond acceptors (Lipinski definition) is 4. The molecule has 0 bridgehead atoms. The van der Waals surface area contributed by atoms with Gasteiger partial charge in [-0.05, 0) is 24.6 Å². The van der Waals surface area contributed by atoms with Crippen molar-refractivity contribution < 1.29 is 14.3 Å². The number of carbonyl (C=O) groups excluding carboxylic acids is 1. The normalized spacial score (nSPS) is 10.4. The van der Waals surface area contributed by atoms with Crippen LogP contribution in [0, 0.1) is 6.92 Å². The van der Waals surface area contributed by atoms with Crippen molar-refractivity contribution in [1.29, 1.82) is 0 Å². The molecule has 0 fully saturated rings. The third-order valence-corrected chi connectivity index (χ3v) is 2.77. The van der Waals surface area contributed by atoms with Gasteiger partial charge in [0.2, 0.25) is 0 Å². The van der Waals surface area contributed by atoms with E-state index in [9.17, 15) is 4.79 Å². The van der Waals surface area contributed by atoms with Crippen molar-refractivity contribution in [2.45, 2.75) is 6.92 Å². The van der Waals surface area contributed by atoms with Gasteiger partial charge in [0, 0.05) is 11.5 Å². The zero-order chi connectivity index (χ0) is 13.3. The number of aryl methyl sites for hydroxylation is 1. The van der Waals surface area contributed by atoms with E-state index in [0.717, 1.165) is 10.9 Å². The van der Waals surface area contributed by atoms with Crippen LogP contribution >= 0.6 is 0 Å². The van der Waals surface area contributed by atoms with E-state index in [2.05, 4.69) is 4.98 Å². The number of hydrogen-bond donors (Lipinski definition) is 1. The molecule has 0 saturated carbocycles. The highest BCUT2D eigenvalue weighted by molar-refractivity contribution is 5.96. The average molecular weight is 246 g/mol. The Labute approximate surface area is 105 Å². The van der Waals surface area contributed by atoms with E-state index in [-0.39, 0.29) is 5.69 Å². The molecule has 0 atom stereocenters. The van der Waals surface area contributed by atoms with Crippen molar-refractivity contribution in [2.75, 3.05) is 14.2 Å². The summed E-state index contributed by atoms with van der Waals surface area (Å²) in [6.45, 7) is 1.88. The number of aromatic nitrogens is 1. The number of amides is 1. The van der Waals surface area contributed by atoms with Gasteiger partial charge in [0.1, 0.15) is 22.7 Å². The van der Waals surface area contributed by atoms with E-state index in [1.807, 2.05) is 13.0 Å². The SMILES string of the molecule is COc1cc(OC)c2nc(C(N)=O)cc(C)c2c1. The zero-order valence-electron chi connectivity index (χ0n) is 10.5. The van der Waals surface area contributed by atoms with Gasteiger partial charge in [0.05, 0.1) is 14.2 Å². The first-order valence-electron chi connectivity index (χ1n) is 5.40. The van der Waals surface area contributed by atoms with Crippen LogP contribution in [0.25, 0.3) is 10.9 Å². The van der Waals surface area contributed by atoms with Gasteiger partial charge >= 0.3 is 0 Å². The number of fused-ring (bicyclic) bond motifs is 1. The summed E-state index contributed by atoms with van der Waals surface area (Å²) >= 11 is 0. The Morgan fingerprint density at radius 2 is 1.94 bits per heavy atom. The fourth-order valence-corrected chi connectivity index (χ4v) is 1.83. The monoisotopic (exact) mass is 246 g/mol. The van der Waals surface area contributed by atoms with Crippen molar-refractivity contribution in [3.8, 4) is 11.5 Å². The summed E-state index contributed by atoms with van der Waals surface area (Å²) in [6, 6.07) is 5.23. The second-order valence-electron chi connectivity index (χ2n) is 3.91. The van der Waals surface area contributed by atoms with Crippen LogP contribution in [0.1, 0.15) is 16.1 Å². The quantitative estimate of drug-likeness (QED) is 0.893. The topological polar surface area (TPSA) is 74.4 Å². The largest absolute Gasteiger partial charge is 0.497 e. The molecule has 94 valence electrons. The summed E-state index contributed by atoms with van der Waals surface area (Å²) in [5.41, 5.74) is 6.98. The maximum Gasteiger partial charge on any atom is 0.267 e. The molecule has 0 unspecified atom stereocenters. The van der Waals surface area contributed by atoms with E-state index in [0.29, 0.717) is 17.0 Å². The molecule has 0 aliphatic heterocycles. The lowest BCUT2D eigenvalue weighted by atomic mass is 10.1. The predicted octanol–water partition coefficient (Wildman–Crippen LogP) is 1.66. The number of nitrogens with zero attached hydrogens (tertiary/aromatic N) is 1. The molecule has 2 aromatic rings. The summed E-state index contributed by atoms with van der Waals surface area (Å²) in [4.78, 5) is 15.4. The molecule has 2 N–H and O–H groups in total. The standard InChI is InChI=1S/C13H14N2O3/c1-7-4-10(13(14)16)15-12-9(7)5-8(17-2)6-11(12)18-3/h4-6H,1-3H3,(H2,14,16). The highest BCUT2D eigenvalue weighted by Gasteiger charge is 2.12. The molecular formula is C13H14N2O3. The minimum absolute atomic E-state index is 0.225. The summed E-state index contributed by atoms with van der Waals surface area (Å²) < 4.78 is 10.5. The number of methoxy groups -OCH3 is 2. The maximum atomic E-state index is 11.2. The second-order valence-corrected chi connectivity index (χ2v) is 3.91. The first-order valence-corrected chi connectivity index (χ1v) is 5.40. The summed E-state index contributed by atoms with van der Waals surface area (Å²) in [5.74, 6) is 0.671. The van der Waals surface area contributed by atoms with E-state index < -0.39 is 5.91 Å². The minimum Gasteiger partial charge on any atom is -0.497 e. The van der Waals surface area contributed by atoms with E-state index in [4.69, 9.17) is 15.2 Å². The smallest absolute Gasteiger partial charge is 0.267 e. The number of benzene rings is 1. The lowest BCUT2D eigenvalue weighted by Gasteiger charge is -2.10. The number of pyridine rings is 1. The Morgan fingerprint density at radius 3 is 2.50 bits per heavy atom. The molecule has 1 amide bonds. The molecule has 0 spiro atoms. The Kier molecular flexibility index (Phi) is 3.06. The Hall–Kier alpha value is -2.30. The number of nitrogens with two attached hydrogens (primary N) is 1. The second kappa shape index (κ2) is 4.52. The Balaban J connectivity index is 2.82. The number of ether oxygens (including phenoxy) is 2. The van der Waals surface area contributed by atoms with Crippen LogP contribution in [0.3, 0.4) is 0 Å². The molecule has 1 aromatic heterocycles. The van der Waals surface area contributed by atoms with Crippen LogP contribution in [-0.4, -0.2) is 25.1 Å². The highest BCUT2D eigenvalue weighted by Crippen LogP contribution is 2.31. The zero-order valence-corrected chi connectivity index (χ0v) is 10.5. The third kappa shape index (κ3) is 1.95. The molecule has 1 heterocycles. The van der Waals surface area contributed by atoms with Gasteiger partial charge in [-0.2, -0.15) is 0 Å². The number of rotatable bonds is 3. The Bertz CT molecular complexity index is 623. The van der Waals surface area contributed by atoms with Crippen LogP contribution in [-0.2, 0) is 0 Å². The van der Waals surface area contributed by atoms with E-state index in [1.165, 1.54) is 0 Å². The molecule has 0 radical (unpaired) electrons. The molecular weight excluding hydrogens is 232 g/mol. The predicted molar refractivity (Wildman–Crippen MR) is 68.1 cm³/mol. The van der Waals surface area contributed by atoms with E-state index in [1.54, 1.807) is 26.4 Å². The highest BCUT2D eigenvalue weighted by atomic mass is 16.5. The molecule has 5 nitrogen and oxygen atoms in total. The fourth-order valence-electron chi connectivity index (χ4n) is 1.83. The van der Waals surface area contributed by atoms with Crippen molar-refractivity contribution in [1.82, 2.24) is 4.98 Å². The van der Waals surface area contributed by atoms with Gasteiger partial charge < -0.3 is 15.2 Å². The van der Waals surface area contributed by atoms with Gasteiger partial charge in [0.15, 0.2) is 0 Å². The average Bonchev–Trinajstić information content (AvgIpc) is 2.37.